The number of hydrogen-bond acceptors (Lipinski definition) is 5. The van der Waals surface area contributed by atoms with E-state index in [0.29, 0.717) is 0 Å². The van der Waals surface area contributed by atoms with Crippen LogP contribution in [-0.2, 0) is 6.42 Å². The summed E-state index contributed by atoms with van der Waals surface area (Å²) in [5.74, 6) is 2.86. The van der Waals surface area contributed by atoms with Crippen LogP contribution in [-0.4, -0.2) is 34.3 Å². The molecule has 0 spiro atoms. The van der Waals surface area contributed by atoms with Crippen molar-refractivity contribution in [3.63, 3.8) is 0 Å². The largest absolute Gasteiger partial charge is 0.497 e. The highest BCUT2D eigenvalue weighted by Gasteiger charge is 2.16. The van der Waals surface area contributed by atoms with E-state index in [1.807, 2.05) is 16.8 Å². The number of fused-ring (bicyclic) bond motifs is 1. The zero-order chi connectivity index (χ0) is 12.4. The van der Waals surface area contributed by atoms with Gasteiger partial charge in [0.15, 0.2) is 5.82 Å². The molecule has 2 aromatic rings. The van der Waals surface area contributed by atoms with Crippen molar-refractivity contribution >= 4 is 11.8 Å². The molecule has 1 aliphatic heterocycles. The predicted molar refractivity (Wildman–Crippen MR) is 70.8 cm³/mol. The summed E-state index contributed by atoms with van der Waals surface area (Å²) in [7, 11) is 1.67. The fourth-order valence-electron chi connectivity index (χ4n) is 1.89. The number of nitrogens with zero attached hydrogens (tertiary/aromatic N) is 3. The average molecular weight is 262 g/mol. The predicted octanol–water partition coefficient (Wildman–Crippen LogP) is 1.53. The van der Waals surface area contributed by atoms with Crippen LogP contribution >= 0.6 is 11.8 Å². The number of methoxy groups -OCH3 is 1. The van der Waals surface area contributed by atoms with Gasteiger partial charge in [-0.2, -0.15) is 0 Å². The van der Waals surface area contributed by atoms with Gasteiger partial charge < -0.3 is 10.2 Å². The fourth-order valence-corrected chi connectivity index (χ4v) is 2.67. The van der Waals surface area contributed by atoms with E-state index in [0.717, 1.165) is 35.4 Å². The Balaban J connectivity index is 1.81. The minimum Gasteiger partial charge on any atom is -0.497 e. The van der Waals surface area contributed by atoms with E-state index < -0.39 is 0 Å². The average Bonchev–Trinajstić information content (AvgIpc) is 2.83. The maximum Gasteiger partial charge on any atom is 0.210 e. The van der Waals surface area contributed by atoms with Crippen LogP contribution in [0.4, 0.5) is 0 Å². The molecule has 1 aromatic heterocycles. The van der Waals surface area contributed by atoms with Gasteiger partial charge in [0, 0.05) is 18.7 Å². The van der Waals surface area contributed by atoms with Gasteiger partial charge >= 0.3 is 0 Å². The van der Waals surface area contributed by atoms with Gasteiger partial charge in [0.2, 0.25) is 5.16 Å². The standard InChI is InChI=1S/C12H14N4OS/c1-17-10-4-2-9(3-5-10)8-11-14-15-12-16(11)13-6-7-18-12/h2-5,13H,6-8H2,1H3. The summed E-state index contributed by atoms with van der Waals surface area (Å²) < 4.78 is 7.13. The smallest absolute Gasteiger partial charge is 0.210 e. The molecule has 2 heterocycles. The molecule has 6 heteroatoms. The minimum absolute atomic E-state index is 0.768. The lowest BCUT2D eigenvalue weighted by Crippen LogP contribution is -2.25. The van der Waals surface area contributed by atoms with E-state index >= 15 is 0 Å². The van der Waals surface area contributed by atoms with E-state index in [9.17, 15) is 0 Å². The first-order valence-electron chi connectivity index (χ1n) is 5.81. The Hall–Kier alpha value is -1.69. The topological polar surface area (TPSA) is 52.0 Å². The van der Waals surface area contributed by atoms with Crippen LogP contribution in [0.5, 0.6) is 5.75 Å². The first kappa shape index (κ1) is 11.4. The van der Waals surface area contributed by atoms with Crippen molar-refractivity contribution in [2.24, 2.45) is 0 Å². The van der Waals surface area contributed by atoms with Crippen molar-refractivity contribution in [2.45, 2.75) is 11.6 Å². The number of aromatic nitrogens is 3. The maximum absolute atomic E-state index is 5.15. The van der Waals surface area contributed by atoms with Crippen molar-refractivity contribution in [3.8, 4) is 5.75 Å². The number of hydrogen-bond donors (Lipinski definition) is 1. The molecule has 0 amide bonds. The second-order valence-electron chi connectivity index (χ2n) is 4.02. The molecular formula is C12H14N4OS. The van der Waals surface area contributed by atoms with Gasteiger partial charge in [-0.3, -0.25) is 0 Å². The summed E-state index contributed by atoms with van der Waals surface area (Å²) in [6, 6.07) is 8.03. The van der Waals surface area contributed by atoms with Gasteiger partial charge in [0.05, 0.1) is 7.11 Å². The van der Waals surface area contributed by atoms with Crippen molar-refractivity contribution < 1.29 is 4.74 Å². The quantitative estimate of drug-likeness (QED) is 0.909. The molecular weight excluding hydrogens is 248 g/mol. The highest BCUT2D eigenvalue weighted by molar-refractivity contribution is 7.99. The molecule has 0 saturated carbocycles. The summed E-state index contributed by atoms with van der Waals surface area (Å²) in [5.41, 5.74) is 4.50. The monoisotopic (exact) mass is 262 g/mol. The van der Waals surface area contributed by atoms with Crippen molar-refractivity contribution in [3.05, 3.63) is 35.7 Å². The Morgan fingerprint density at radius 1 is 1.33 bits per heavy atom. The fraction of sp³-hybridized carbons (Fsp3) is 0.333. The van der Waals surface area contributed by atoms with Crippen LogP contribution in [0.25, 0.3) is 0 Å². The third kappa shape index (κ3) is 2.15. The van der Waals surface area contributed by atoms with Crippen molar-refractivity contribution in [1.29, 1.82) is 0 Å². The van der Waals surface area contributed by atoms with E-state index in [2.05, 4.69) is 27.8 Å². The van der Waals surface area contributed by atoms with Crippen LogP contribution in [0.1, 0.15) is 11.4 Å². The lowest BCUT2D eigenvalue weighted by molar-refractivity contribution is 0.414. The van der Waals surface area contributed by atoms with E-state index in [1.165, 1.54) is 5.56 Å². The van der Waals surface area contributed by atoms with E-state index in [-0.39, 0.29) is 0 Å². The van der Waals surface area contributed by atoms with Crippen LogP contribution in [0.2, 0.25) is 0 Å². The summed E-state index contributed by atoms with van der Waals surface area (Å²) in [6.45, 7) is 0.950. The Morgan fingerprint density at radius 2 is 2.17 bits per heavy atom. The SMILES string of the molecule is COc1ccc(Cc2nnc3n2NCCS3)cc1. The van der Waals surface area contributed by atoms with Gasteiger partial charge in [-0.05, 0) is 17.7 Å². The zero-order valence-corrected chi connectivity index (χ0v) is 10.9. The molecule has 94 valence electrons. The Labute approximate surface area is 110 Å². The molecule has 18 heavy (non-hydrogen) atoms. The number of ether oxygens (including phenoxy) is 1. The van der Waals surface area contributed by atoms with Crippen molar-refractivity contribution in [2.75, 3.05) is 24.8 Å². The van der Waals surface area contributed by atoms with Gasteiger partial charge in [0.25, 0.3) is 0 Å². The molecule has 0 bridgehead atoms. The first-order chi connectivity index (χ1) is 8.86. The van der Waals surface area contributed by atoms with E-state index in [1.54, 1.807) is 18.9 Å². The third-order valence-electron chi connectivity index (χ3n) is 2.82. The van der Waals surface area contributed by atoms with Gasteiger partial charge in [-0.25, -0.2) is 4.68 Å². The molecule has 1 N–H and O–H groups in total. The second-order valence-corrected chi connectivity index (χ2v) is 5.08. The van der Waals surface area contributed by atoms with Crippen LogP contribution < -0.4 is 10.2 Å². The van der Waals surface area contributed by atoms with E-state index in [4.69, 9.17) is 4.74 Å². The Morgan fingerprint density at radius 3 is 2.94 bits per heavy atom. The molecule has 1 aliphatic rings. The summed E-state index contributed by atoms with van der Waals surface area (Å²) in [5, 5.41) is 9.36. The number of rotatable bonds is 3. The lowest BCUT2D eigenvalue weighted by atomic mass is 10.1. The number of nitrogens with one attached hydrogen (secondary N) is 1. The van der Waals surface area contributed by atoms with Gasteiger partial charge in [-0.1, -0.05) is 23.9 Å². The summed E-state index contributed by atoms with van der Waals surface area (Å²) in [4.78, 5) is 0. The highest BCUT2D eigenvalue weighted by Crippen LogP contribution is 2.20. The molecule has 1 aromatic carbocycles. The van der Waals surface area contributed by atoms with Crippen LogP contribution in [0.15, 0.2) is 29.4 Å². The highest BCUT2D eigenvalue weighted by atomic mass is 32.2. The molecule has 0 fully saturated rings. The van der Waals surface area contributed by atoms with Crippen LogP contribution in [0.3, 0.4) is 0 Å². The first-order valence-corrected chi connectivity index (χ1v) is 6.79. The molecule has 0 saturated heterocycles. The second kappa shape index (κ2) is 4.89. The third-order valence-corrected chi connectivity index (χ3v) is 3.76. The Bertz CT molecular complexity index is 538. The molecule has 3 rings (SSSR count). The molecule has 0 aliphatic carbocycles. The number of benzene rings is 1. The molecule has 0 radical (unpaired) electrons. The normalized spacial score (nSPS) is 13.8. The van der Waals surface area contributed by atoms with Crippen LogP contribution in [0, 0.1) is 0 Å². The minimum atomic E-state index is 0.768. The summed E-state index contributed by atoms with van der Waals surface area (Å²) >= 11 is 1.73. The molecule has 5 nitrogen and oxygen atoms in total. The molecule has 0 unspecified atom stereocenters. The van der Waals surface area contributed by atoms with Crippen molar-refractivity contribution in [1.82, 2.24) is 14.9 Å². The zero-order valence-electron chi connectivity index (χ0n) is 10.1. The lowest BCUT2D eigenvalue weighted by Gasteiger charge is -2.16. The summed E-state index contributed by atoms with van der Waals surface area (Å²) in [6.07, 6.45) is 0.768. The maximum atomic E-state index is 5.15. The Kier molecular flexibility index (Phi) is 3.10. The number of thioether (sulfide) groups is 1. The van der Waals surface area contributed by atoms with Gasteiger partial charge in [-0.15, -0.1) is 10.2 Å². The van der Waals surface area contributed by atoms with Gasteiger partial charge in [0.1, 0.15) is 5.75 Å². The molecule has 0 atom stereocenters.